The van der Waals surface area contributed by atoms with Gasteiger partial charge in [0.25, 0.3) is 0 Å². The minimum Gasteiger partial charge on any atom is -0.345 e. The van der Waals surface area contributed by atoms with Gasteiger partial charge in [-0.05, 0) is 0 Å². The van der Waals surface area contributed by atoms with Crippen molar-refractivity contribution < 1.29 is 8.42 Å². The van der Waals surface area contributed by atoms with Crippen LogP contribution < -0.4 is 10.6 Å². The number of nitrogens with two attached hydrogens (primary N) is 1. The predicted octanol–water partition coefficient (Wildman–Crippen LogP) is -0.317. The summed E-state index contributed by atoms with van der Waals surface area (Å²) in [6.45, 7) is 2.86. The molecule has 1 saturated heterocycles. The van der Waals surface area contributed by atoms with E-state index in [0.29, 0.717) is 32.7 Å². The van der Waals surface area contributed by atoms with Gasteiger partial charge in [-0.15, -0.1) is 11.3 Å². The number of rotatable bonds is 3. The fourth-order valence-electron chi connectivity index (χ4n) is 1.75. The summed E-state index contributed by atoms with van der Waals surface area (Å²) in [5.74, 6) is 0. The highest BCUT2D eigenvalue weighted by atomic mass is 32.2. The first-order valence-corrected chi connectivity index (χ1v) is 8.08. The van der Waals surface area contributed by atoms with Gasteiger partial charge in [-0.2, -0.15) is 4.31 Å². The molecular formula is C9H16N4O2S2. The molecule has 0 bridgehead atoms. The highest BCUT2D eigenvalue weighted by Gasteiger charge is 2.24. The molecule has 96 valence electrons. The Morgan fingerprint density at radius 2 is 2.06 bits per heavy atom. The summed E-state index contributed by atoms with van der Waals surface area (Å²) in [4.78, 5) is 6.49. The van der Waals surface area contributed by atoms with E-state index in [-0.39, 0.29) is 0 Å². The Labute approximate surface area is 105 Å². The molecule has 2 rings (SSSR count). The van der Waals surface area contributed by atoms with Gasteiger partial charge in [-0.3, -0.25) is 0 Å². The number of piperazine rings is 1. The second-order valence-electron chi connectivity index (χ2n) is 3.97. The smallest absolute Gasteiger partial charge is 0.211 e. The molecule has 2 heterocycles. The third-order valence-corrected chi connectivity index (χ3v) is 4.98. The van der Waals surface area contributed by atoms with Crippen LogP contribution in [0, 0.1) is 0 Å². The molecule has 17 heavy (non-hydrogen) atoms. The Hall–Kier alpha value is -0.700. The highest BCUT2D eigenvalue weighted by molar-refractivity contribution is 7.88. The lowest BCUT2D eigenvalue weighted by Crippen LogP contribution is -2.48. The van der Waals surface area contributed by atoms with Crippen LogP contribution in [0.15, 0.2) is 5.38 Å². The minimum atomic E-state index is -3.06. The lowest BCUT2D eigenvalue weighted by molar-refractivity contribution is 0.388. The average Bonchev–Trinajstić information content (AvgIpc) is 2.76. The van der Waals surface area contributed by atoms with Crippen LogP contribution in [0.3, 0.4) is 0 Å². The van der Waals surface area contributed by atoms with E-state index in [1.165, 1.54) is 10.6 Å². The lowest BCUT2D eigenvalue weighted by atomic mass is 10.4. The van der Waals surface area contributed by atoms with E-state index in [1.54, 1.807) is 11.3 Å². The first kappa shape index (κ1) is 12.7. The Kier molecular flexibility index (Phi) is 3.67. The monoisotopic (exact) mass is 276 g/mol. The van der Waals surface area contributed by atoms with Crippen LogP contribution in [-0.2, 0) is 16.6 Å². The van der Waals surface area contributed by atoms with Crippen molar-refractivity contribution in [2.75, 3.05) is 37.3 Å². The van der Waals surface area contributed by atoms with E-state index < -0.39 is 10.0 Å². The van der Waals surface area contributed by atoms with Crippen molar-refractivity contribution in [1.29, 1.82) is 0 Å². The Morgan fingerprint density at radius 1 is 1.41 bits per heavy atom. The Bertz CT molecular complexity index is 477. The van der Waals surface area contributed by atoms with Crippen LogP contribution in [-0.4, -0.2) is 50.1 Å². The summed E-state index contributed by atoms with van der Waals surface area (Å²) in [6.07, 6.45) is 1.25. The van der Waals surface area contributed by atoms with Crippen molar-refractivity contribution in [2.45, 2.75) is 6.54 Å². The molecule has 0 unspecified atom stereocenters. The number of anilines is 1. The number of thiazole rings is 1. The Balaban J connectivity index is 1.99. The quantitative estimate of drug-likeness (QED) is 0.819. The zero-order valence-corrected chi connectivity index (χ0v) is 11.3. The summed E-state index contributed by atoms with van der Waals surface area (Å²) in [5.41, 5.74) is 6.39. The summed E-state index contributed by atoms with van der Waals surface area (Å²) in [5, 5.41) is 2.87. The molecule has 0 atom stereocenters. The van der Waals surface area contributed by atoms with E-state index in [2.05, 4.69) is 9.88 Å². The molecule has 1 aromatic rings. The lowest BCUT2D eigenvalue weighted by Gasteiger charge is -2.32. The SMILES string of the molecule is CS(=O)(=O)N1CCN(c2nc(CN)cs2)CC1. The van der Waals surface area contributed by atoms with Crippen molar-refractivity contribution in [3.8, 4) is 0 Å². The fourth-order valence-corrected chi connectivity index (χ4v) is 3.46. The van der Waals surface area contributed by atoms with Crippen molar-refractivity contribution in [2.24, 2.45) is 5.73 Å². The summed E-state index contributed by atoms with van der Waals surface area (Å²) in [6, 6.07) is 0. The zero-order chi connectivity index (χ0) is 12.5. The fraction of sp³-hybridized carbons (Fsp3) is 0.667. The number of hydrogen-bond donors (Lipinski definition) is 1. The Morgan fingerprint density at radius 3 is 2.53 bits per heavy atom. The minimum absolute atomic E-state index is 0.444. The molecule has 0 amide bonds. The van der Waals surface area contributed by atoms with E-state index in [9.17, 15) is 8.42 Å². The van der Waals surface area contributed by atoms with Gasteiger partial charge < -0.3 is 10.6 Å². The molecule has 0 spiro atoms. The van der Waals surface area contributed by atoms with Crippen LogP contribution in [0.2, 0.25) is 0 Å². The summed E-state index contributed by atoms with van der Waals surface area (Å²) in [7, 11) is -3.06. The molecule has 1 aromatic heterocycles. The molecule has 2 N–H and O–H groups in total. The first-order chi connectivity index (χ1) is 8.00. The largest absolute Gasteiger partial charge is 0.345 e. The topological polar surface area (TPSA) is 79.5 Å². The maximum Gasteiger partial charge on any atom is 0.211 e. The molecule has 0 aliphatic carbocycles. The second-order valence-corrected chi connectivity index (χ2v) is 6.79. The van der Waals surface area contributed by atoms with Gasteiger partial charge in [0.1, 0.15) is 0 Å². The summed E-state index contributed by atoms with van der Waals surface area (Å²) >= 11 is 1.56. The van der Waals surface area contributed by atoms with Gasteiger partial charge in [0.15, 0.2) is 5.13 Å². The molecule has 6 nitrogen and oxygen atoms in total. The third kappa shape index (κ3) is 2.95. The number of sulfonamides is 1. The number of aromatic nitrogens is 1. The van der Waals surface area contributed by atoms with Crippen LogP contribution in [0.25, 0.3) is 0 Å². The summed E-state index contributed by atoms with van der Waals surface area (Å²) < 4.78 is 24.2. The number of hydrogen-bond acceptors (Lipinski definition) is 6. The van der Waals surface area contributed by atoms with E-state index >= 15 is 0 Å². The third-order valence-electron chi connectivity index (χ3n) is 2.73. The zero-order valence-electron chi connectivity index (χ0n) is 9.66. The molecule has 0 aromatic carbocycles. The molecule has 1 aliphatic heterocycles. The van der Waals surface area contributed by atoms with Gasteiger partial charge in [0.05, 0.1) is 11.9 Å². The first-order valence-electron chi connectivity index (χ1n) is 5.35. The maximum absolute atomic E-state index is 11.4. The standard InChI is InChI=1S/C9H16N4O2S2/c1-17(14,15)13-4-2-12(3-5-13)9-11-8(6-10)7-16-9/h7H,2-6,10H2,1H3. The molecule has 0 radical (unpaired) electrons. The van der Waals surface area contributed by atoms with Gasteiger partial charge in [0, 0.05) is 38.1 Å². The van der Waals surface area contributed by atoms with E-state index in [4.69, 9.17) is 5.73 Å². The molecule has 1 aliphatic rings. The van der Waals surface area contributed by atoms with Crippen LogP contribution >= 0.6 is 11.3 Å². The van der Waals surface area contributed by atoms with Crippen LogP contribution in [0.1, 0.15) is 5.69 Å². The van der Waals surface area contributed by atoms with Gasteiger partial charge in [0.2, 0.25) is 10.0 Å². The molecular weight excluding hydrogens is 260 g/mol. The average molecular weight is 276 g/mol. The normalized spacial score (nSPS) is 18.6. The van der Waals surface area contributed by atoms with Gasteiger partial charge >= 0.3 is 0 Å². The van der Waals surface area contributed by atoms with E-state index in [0.717, 1.165) is 10.8 Å². The number of nitrogens with zero attached hydrogens (tertiary/aromatic N) is 3. The molecule has 8 heteroatoms. The highest BCUT2D eigenvalue weighted by Crippen LogP contribution is 2.22. The van der Waals surface area contributed by atoms with Crippen LogP contribution in [0.4, 0.5) is 5.13 Å². The van der Waals surface area contributed by atoms with Crippen molar-refractivity contribution in [1.82, 2.24) is 9.29 Å². The second kappa shape index (κ2) is 4.89. The molecule has 1 fully saturated rings. The predicted molar refractivity (Wildman–Crippen MR) is 68.6 cm³/mol. The van der Waals surface area contributed by atoms with Crippen LogP contribution in [0.5, 0.6) is 0 Å². The van der Waals surface area contributed by atoms with Gasteiger partial charge in [-0.25, -0.2) is 13.4 Å². The maximum atomic E-state index is 11.4. The molecule has 0 saturated carbocycles. The van der Waals surface area contributed by atoms with Gasteiger partial charge in [-0.1, -0.05) is 0 Å². The van der Waals surface area contributed by atoms with Crippen molar-refractivity contribution in [3.05, 3.63) is 11.1 Å². The van der Waals surface area contributed by atoms with Crippen molar-refractivity contribution >= 4 is 26.5 Å². The van der Waals surface area contributed by atoms with Crippen molar-refractivity contribution in [3.63, 3.8) is 0 Å². The van der Waals surface area contributed by atoms with E-state index in [1.807, 2.05) is 5.38 Å².